The van der Waals surface area contributed by atoms with E-state index < -0.39 is 9.84 Å². The molecule has 1 aromatic carbocycles. The van der Waals surface area contributed by atoms with Gasteiger partial charge in [-0.05, 0) is 36.5 Å². The minimum absolute atomic E-state index is 0.400. The average molecular weight is 415 g/mol. The van der Waals surface area contributed by atoms with E-state index in [1.807, 2.05) is 18.2 Å². The number of rotatable bonds is 5. The van der Waals surface area contributed by atoms with Crippen LogP contribution in [0, 0.1) is 5.92 Å². The summed E-state index contributed by atoms with van der Waals surface area (Å²) in [6.07, 6.45) is 5.65. The van der Waals surface area contributed by atoms with Crippen LogP contribution in [0.3, 0.4) is 0 Å². The molecular weight excluding hydrogens is 388 g/mol. The molecule has 7 nitrogen and oxygen atoms in total. The minimum atomic E-state index is -3.19. The largest absolute Gasteiger partial charge is 0.382 e. The van der Waals surface area contributed by atoms with E-state index >= 15 is 0 Å². The van der Waals surface area contributed by atoms with Gasteiger partial charge in [-0.3, -0.25) is 0 Å². The van der Waals surface area contributed by atoms with Gasteiger partial charge in [-0.15, -0.1) is 0 Å². The number of hydrogen-bond donors (Lipinski definition) is 1. The van der Waals surface area contributed by atoms with Crippen LogP contribution in [0.2, 0.25) is 0 Å². The first-order chi connectivity index (χ1) is 13.9. The van der Waals surface area contributed by atoms with Gasteiger partial charge in [0.15, 0.2) is 15.7 Å². The number of aryl methyl sites for hydroxylation is 1. The van der Waals surface area contributed by atoms with Crippen LogP contribution in [0.4, 0.5) is 5.82 Å². The van der Waals surface area contributed by atoms with Crippen molar-refractivity contribution in [3.8, 4) is 0 Å². The molecule has 0 aliphatic carbocycles. The van der Waals surface area contributed by atoms with E-state index in [0.717, 1.165) is 72.3 Å². The fraction of sp³-hybridized carbons (Fsp3) is 0.429. The Labute approximate surface area is 170 Å². The van der Waals surface area contributed by atoms with Gasteiger partial charge in [-0.1, -0.05) is 19.1 Å². The van der Waals surface area contributed by atoms with Crippen molar-refractivity contribution in [2.75, 3.05) is 25.2 Å². The van der Waals surface area contributed by atoms with E-state index in [4.69, 9.17) is 15.5 Å². The Morgan fingerprint density at radius 3 is 2.72 bits per heavy atom. The van der Waals surface area contributed by atoms with Crippen LogP contribution in [-0.2, 0) is 27.5 Å². The number of fused-ring (bicyclic) bond motifs is 3. The summed E-state index contributed by atoms with van der Waals surface area (Å²) in [6, 6.07) is 5.75. The van der Waals surface area contributed by atoms with Crippen molar-refractivity contribution in [3.05, 3.63) is 35.0 Å². The van der Waals surface area contributed by atoms with E-state index in [-0.39, 0.29) is 0 Å². The summed E-state index contributed by atoms with van der Waals surface area (Å²) in [5.41, 5.74) is 9.51. The van der Waals surface area contributed by atoms with Crippen LogP contribution >= 0.6 is 0 Å². The molecule has 2 N–H and O–H groups in total. The first-order valence-corrected chi connectivity index (χ1v) is 11.9. The second kappa shape index (κ2) is 7.76. The predicted molar refractivity (Wildman–Crippen MR) is 116 cm³/mol. The van der Waals surface area contributed by atoms with E-state index in [1.54, 1.807) is 6.08 Å². The molecule has 1 aliphatic heterocycles. The molecule has 154 valence electrons. The molecule has 2 aromatic heterocycles. The highest BCUT2D eigenvalue weighted by Gasteiger charge is 2.21. The third-order valence-electron chi connectivity index (χ3n) is 5.41. The monoisotopic (exact) mass is 414 g/mol. The van der Waals surface area contributed by atoms with Crippen molar-refractivity contribution < 1.29 is 13.2 Å². The number of hydrogen-bond acceptors (Lipinski definition) is 6. The number of nitrogens with two attached hydrogens (primary N) is 1. The Bertz CT molecular complexity index is 1190. The standard InChI is InChI=1S/C21H26N4O3S/c1-3-18-24-19-20(25(18)13-15-6-9-28-10-7-15)16-5-4-14(8-11-29(2,26)27)12-17(16)23-21(19)22/h4-5,8,11-12,15H,3,6-7,9-10,13H2,1-2H3,(H2,22,23). The summed E-state index contributed by atoms with van der Waals surface area (Å²) in [7, 11) is -3.19. The number of pyridine rings is 1. The highest BCUT2D eigenvalue weighted by atomic mass is 32.2. The van der Waals surface area contributed by atoms with Crippen LogP contribution in [0.15, 0.2) is 23.6 Å². The summed E-state index contributed by atoms with van der Waals surface area (Å²) in [5.74, 6) is 1.96. The average Bonchev–Trinajstić information content (AvgIpc) is 3.06. The zero-order chi connectivity index (χ0) is 20.6. The fourth-order valence-corrected chi connectivity index (χ4v) is 4.34. The van der Waals surface area contributed by atoms with Gasteiger partial charge < -0.3 is 15.0 Å². The first-order valence-electron chi connectivity index (χ1n) is 9.90. The van der Waals surface area contributed by atoms with Gasteiger partial charge >= 0.3 is 0 Å². The number of aromatic nitrogens is 3. The maximum Gasteiger partial charge on any atom is 0.168 e. The lowest BCUT2D eigenvalue weighted by Crippen LogP contribution is -2.21. The molecule has 0 atom stereocenters. The molecule has 0 spiro atoms. The zero-order valence-corrected chi connectivity index (χ0v) is 17.6. The zero-order valence-electron chi connectivity index (χ0n) is 16.8. The van der Waals surface area contributed by atoms with Gasteiger partial charge in [-0.2, -0.15) is 0 Å². The molecule has 8 heteroatoms. The number of imidazole rings is 1. The van der Waals surface area contributed by atoms with Crippen LogP contribution < -0.4 is 5.73 Å². The van der Waals surface area contributed by atoms with Crippen molar-refractivity contribution >= 4 is 43.7 Å². The number of ether oxygens (including phenoxy) is 1. The van der Waals surface area contributed by atoms with Gasteiger partial charge in [0.05, 0.1) is 11.0 Å². The van der Waals surface area contributed by atoms with Crippen LogP contribution in [0.1, 0.15) is 31.2 Å². The smallest absolute Gasteiger partial charge is 0.168 e. The Morgan fingerprint density at radius 1 is 1.28 bits per heavy atom. The molecular formula is C21H26N4O3S. The number of nitrogens with zero attached hydrogens (tertiary/aromatic N) is 3. The molecule has 0 radical (unpaired) electrons. The topological polar surface area (TPSA) is 100 Å². The SMILES string of the molecule is CCc1nc2c(N)nc3cc(C=CS(C)(=O)=O)ccc3c2n1CC1CCOCC1. The quantitative estimate of drug-likeness (QED) is 0.688. The number of nitrogen functional groups attached to an aromatic ring is 1. The Hall–Kier alpha value is -2.45. The number of benzene rings is 1. The van der Waals surface area contributed by atoms with E-state index in [1.165, 1.54) is 11.7 Å². The molecule has 0 amide bonds. The predicted octanol–water partition coefficient (Wildman–Crippen LogP) is 3.17. The number of sulfone groups is 1. The van der Waals surface area contributed by atoms with Gasteiger partial charge in [0.2, 0.25) is 0 Å². The third-order valence-corrected chi connectivity index (χ3v) is 6.04. The van der Waals surface area contributed by atoms with E-state index in [9.17, 15) is 8.42 Å². The minimum Gasteiger partial charge on any atom is -0.382 e. The maximum atomic E-state index is 11.4. The molecule has 3 heterocycles. The van der Waals surface area contributed by atoms with E-state index in [2.05, 4.69) is 16.5 Å². The summed E-state index contributed by atoms with van der Waals surface area (Å²) < 4.78 is 30.6. The van der Waals surface area contributed by atoms with Crippen LogP contribution in [0.5, 0.6) is 0 Å². The van der Waals surface area contributed by atoms with Crippen molar-refractivity contribution in [3.63, 3.8) is 0 Å². The maximum absolute atomic E-state index is 11.4. The molecule has 1 aliphatic rings. The normalized spacial score (nSPS) is 16.3. The van der Waals surface area contributed by atoms with Gasteiger partial charge in [-0.25, -0.2) is 18.4 Å². The summed E-state index contributed by atoms with van der Waals surface area (Å²) >= 11 is 0. The number of anilines is 1. The first kappa shape index (κ1) is 19.8. The Kier molecular flexibility index (Phi) is 5.31. The molecule has 1 fully saturated rings. The fourth-order valence-electron chi connectivity index (χ4n) is 3.93. The van der Waals surface area contributed by atoms with Crippen LogP contribution in [0.25, 0.3) is 28.0 Å². The summed E-state index contributed by atoms with van der Waals surface area (Å²) in [5, 5.41) is 2.17. The lowest BCUT2D eigenvalue weighted by molar-refractivity contribution is 0.0614. The summed E-state index contributed by atoms with van der Waals surface area (Å²) in [6.45, 7) is 4.59. The van der Waals surface area contributed by atoms with Crippen molar-refractivity contribution in [1.82, 2.24) is 14.5 Å². The lowest BCUT2D eigenvalue weighted by atomic mass is 10.00. The molecule has 1 saturated heterocycles. The molecule has 29 heavy (non-hydrogen) atoms. The van der Waals surface area contributed by atoms with Crippen molar-refractivity contribution in [2.45, 2.75) is 32.7 Å². The van der Waals surface area contributed by atoms with E-state index in [0.29, 0.717) is 11.7 Å². The van der Waals surface area contributed by atoms with Crippen molar-refractivity contribution in [1.29, 1.82) is 0 Å². The third kappa shape index (κ3) is 4.13. The highest BCUT2D eigenvalue weighted by molar-refractivity contribution is 7.93. The Morgan fingerprint density at radius 2 is 2.03 bits per heavy atom. The summed E-state index contributed by atoms with van der Waals surface area (Å²) in [4.78, 5) is 9.33. The molecule has 4 rings (SSSR count). The van der Waals surface area contributed by atoms with Gasteiger partial charge in [0.1, 0.15) is 11.3 Å². The lowest BCUT2D eigenvalue weighted by Gasteiger charge is -2.23. The second-order valence-corrected chi connectivity index (χ2v) is 9.58. The van der Waals surface area contributed by atoms with Crippen molar-refractivity contribution in [2.24, 2.45) is 5.92 Å². The van der Waals surface area contributed by atoms with Gasteiger partial charge in [0, 0.05) is 43.2 Å². The molecule has 0 saturated carbocycles. The molecule has 0 unspecified atom stereocenters. The second-order valence-electron chi connectivity index (χ2n) is 7.65. The van der Waals surface area contributed by atoms with Gasteiger partial charge in [0.25, 0.3) is 0 Å². The Balaban J connectivity index is 1.86. The highest BCUT2D eigenvalue weighted by Crippen LogP contribution is 2.31. The molecule has 3 aromatic rings. The van der Waals surface area contributed by atoms with Crippen LogP contribution in [-0.4, -0.2) is 42.4 Å². The molecule has 0 bridgehead atoms.